The molecule has 0 bridgehead atoms. The van der Waals surface area contributed by atoms with Crippen molar-refractivity contribution >= 4 is 68.3 Å². The van der Waals surface area contributed by atoms with E-state index in [1.807, 2.05) is 0 Å². The van der Waals surface area contributed by atoms with E-state index in [4.69, 9.17) is 10.5 Å². The van der Waals surface area contributed by atoms with Gasteiger partial charge in [0.1, 0.15) is 10.6 Å². The molecule has 0 unspecified atom stereocenters. The fourth-order valence-electron chi connectivity index (χ4n) is 3.46. The fourth-order valence-corrected chi connectivity index (χ4v) is 4.11. The van der Waals surface area contributed by atoms with E-state index >= 15 is 0 Å². The van der Waals surface area contributed by atoms with Crippen LogP contribution >= 0.6 is 0 Å². The van der Waals surface area contributed by atoms with Crippen molar-refractivity contribution in [3.63, 3.8) is 0 Å². The van der Waals surface area contributed by atoms with Gasteiger partial charge in [-0.25, -0.2) is 0 Å². The second-order valence-electron chi connectivity index (χ2n) is 6.62. The number of carbonyl (C=O) groups excluding carboxylic acids is 2. The SMILES string of the molecule is COc1cccc(Nc2cc(S(=O)(=O)O)c(N)c3c2C(=O)c2ccccc2C3=O)c1.[NaH]. The van der Waals surface area contributed by atoms with Crippen molar-refractivity contribution in [1.29, 1.82) is 0 Å². The van der Waals surface area contributed by atoms with Crippen LogP contribution in [0.2, 0.25) is 0 Å². The Kier molecular flexibility index (Phi) is 6.26. The summed E-state index contributed by atoms with van der Waals surface area (Å²) in [5.41, 5.74) is 5.94. The Labute approximate surface area is 200 Å². The minimum atomic E-state index is -4.77. The van der Waals surface area contributed by atoms with Gasteiger partial charge in [-0.1, -0.05) is 30.3 Å². The Bertz CT molecular complexity index is 1340. The Morgan fingerprint density at radius 3 is 2.13 bits per heavy atom. The van der Waals surface area contributed by atoms with Crippen molar-refractivity contribution in [2.75, 3.05) is 18.2 Å². The summed E-state index contributed by atoms with van der Waals surface area (Å²) >= 11 is 0. The number of hydrogen-bond donors (Lipinski definition) is 3. The van der Waals surface area contributed by atoms with Crippen LogP contribution in [0.4, 0.5) is 17.1 Å². The average molecular weight is 448 g/mol. The van der Waals surface area contributed by atoms with Gasteiger partial charge in [0.05, 0.1) is 29.6 Å². The Balaban J connectivity index is 0.00000272. The summed E-state index contributed by atoms with van der Waals surface area (Å²) in [6, 6.07) is 13.9. The van der Waals surface area contributed by atoms with Gasteiger partial charge in [-0.2, -0.15) is 8.42 Å². The standard InChI is InChI=1S/C21H16N2O6S.Na.H/c1-29-12-6-4-5-11(9-12)23-15-10-16(30(26,27)28)19(22)18-17(15)20(24)13-7-2-3-8-14(13)21(18)25;;/h2-10,23H,22H2,1H3,(H,26,27,28);;. The van der Waals surface area contributed by atoms with E-state index in [1.165, 1.54) is 19.2 Å². The van der Waals surface area contributed by atoms with Gasteiger partial charge < -0.3 is 15.8 Å². The van der Waals surface area contributed by atoms with Crippen LogP contribution in [0.1, 0.15) is 31.8 Å². The van der Waals surface area contributed by atoms with Gasteiger partial charge >= 0.3 is 29.6 Å². The summed E-state index contributed by atoms with van der Waals surface area (Å²) in [7, 11) is -3.28. The number of ether oxygens (including phenoxy) is 1. The van der Waals surface area contributed by atoms with Crippen LogP contribution < -0.4 is 15.8 Å². The number of fused-ring (bicyclic) bond motifs is 2. The van der Waals surface area contributed by atoms with Crippen molar-refractivity contribution in [2.45, 2.75) is 4.90 Å². The van der Waals surface area contributed by atoms with Crippen LogP contribution in [-0.2, 0) is 10.1 Å². The number of nitrogens with two attached hydrogens (primary N) is 1. The van der Waals surface area contributed by atoms with Crippen LogP contribution in [-0.4, -0.2) is 61.2 Å². The number of nitrogens with one attached hydrogen (secondary N) is 1. The Morgan fingerprint density at radius 1 is 0.935 bits per heavy atom. The first-order chi connectivity index (χ1) is 14.2. The minimum absolute atomic E-state index is 0. The number of hydrogen-bond acceptors (Lipinski definition) is 7. The molecule has 0 aromatic heterocycles. The van der Waals surface area contributed by atoms with E-state index in [0.29, 0.717) is 11.4 Å². The number of nitrogen functional groups attached to an aromatic ring is 1. The molecule has 3 aromatic carbocycles. The third kappa shape index (κ3) is 3.98. The van der Waals surface area contributed by atoms with E-state index in [-0.39, 0.29) is 57.5 Å². The first-order valence-electron chi connectivity index (χ1n) is 8.76. The van der Waals surface area contributed by atoms with E-state index in [0.717, 1.165) is 6.07 Å². The van der Waals surface area contributed by atoms with Gasteiger partial charge in [0.2, 0.25) is 0 Å². The molecule has 31 heavy (non-hydrogen) atoms. The second kappa shape index (κ2) is 8.45. The number of ketones is 2. The predicted molar refractivity (Wildman–Crippen MR) is 117 cm³/mol. The molecule has 0 atom stereocenters. The van der Waals surface area contributed by atoms with E-state index in [2.05, 4.69) is 5.32 Å². The molecule has 3 aromatic rings. The van der Waals surface area contributed by atoms with Crippen molar-refractivity contribution in [1.82, 2.24) is 0 Å². The molecule has 1 aliphatic carbocycles. The summed E-state index contributed by atoms with van der Waals surface area (Å²) in [4.78, 5) is 25.7. The number of carbonyl (C=O) groups is 2. The molecule has 154 valence electrons. The Morgan fingerprint density at radius 2 is 1.55 bits per heavy atom. The van der Waals surface area contributed by atoms with Crippen molar-refractivity contribution < 1.29 is 27.3 Å². The molecule has 0 saturated carbocycles. The number of anilines is 3. The fraction of sp³-hybridized carbons (Fsp3) is 0.0476. The molecule has 0 heterocycles. The molecule has 4 rings (SSSR count). The molecule has 0 amide bonds. The maximum absolute atomic E-state index is 13.2. The molecular formula is C21H17N2NaO6S. The van der Waals surface area contributed by atoms with Crippen molar-refractivity contribution in [3.05, 3.63) is 76.9 Å². The van der Waals surface area contributed by atoms with E-state index < -0.39 is 32.3 Å². The molecule has 0 saturated heterocycles. The molecule has 8 nitrogen and oxygen atoms in total. The quantitative estimate of drug-likeness (QED) is 0.246. The van der Waals surface area contributed by atoms with Crippen LogP contribution in [0.15, 0.2) is 59.5 Å². The van der Waals surface area contributed by atoms with Crippen LogP contribution in [0, 0.1) is 0 Å². The summed E-state index contributed by atoms with van der Waals surface area (Å²) in [6.07, 6.45) is 0. The number of benzene rings is 3. The zero-order chi connectivity index (χ0) is 21.6. The maximum atomic E-state index is 13.2. The average Bonchev–Trinajstić information content (AvgIpc) is 2.72. The molecule has 0 spiro atoms. The third-order valence-electron chi connectivity index (χ3n) is 4.83. The van der Waals surface area contributed by atoms with Gasteiger partial charge in [-0.15, -0.1) is 0 Å². The van der Waals surface area contributed by atoms with Crippen LogP contribution in [0.25, 0.3) is 0 Å². The molecule has 1 aliphatic rings. The number of methoxy groups -OCH3 is 1. The van der Waals surface area contributed by atoms with Crippen molar-refractivity contribution in [3.8, 4) is 5.75 Å². The van der Waals surface area contributed by atoms with Crippen LogP contribution in [0.5, 0.6) is 5.75 Å². The zero-order valence-electron chi connectivity index (χ0n) is 15.7. The number of rotatable bonds is 4. The second-order valence-corrected chi connectivity index (χ2v) is 8.01. The first kappa shape index (κ1) is 23.0. The molecule has 0 aliphatic heterocycles. The third-order valence-corrected chi connectivity index (χ3v) is 5.72. The van der Waals surface area contributed by atoms with E-state index in [1.54, 1.807) is 36.4 Å². The summed E-state index contributed by atoms with van der Waals surface area (Å²) in [5.74, 6) is -0.567. The topological polar surface area (TPSA) is 136 Å². The van der Waals surface area contributed by atoms with Crippen LogP contribution in [0.3, 0.4) is 0 Å². The normalized spacial score (nSPS) is 12.5. The van der Waals surface area contributed by atoms with E-state index in [9.17, 15) is 22.6 Å². The Hall–Kier alpha value is -2.69. The first-order valence-corrected chi connectivity index (χ1v) is 10.2. The predicted octanol–water partition coefficient (Wildman–Crippen LogP) is 2.39. The molecular weight excluding hydrogens is 431 g/mol. The van der Waals surface area contributed by atoms with Crippen molar-refractivity contribution in [2.24, 2.45) is 0 Å². The molecule has 4 N–H and O–H groups in total. The molecule has 0 radical (unpaired) electrons. The van der Waals surface area contributed by atoms with Gasteiger partial charge in [-0.05, 0) is 18.2 Å². The molecule has 0 fully saturated rings. The van der Waals surface area contributed by atoms with Gasteiger partial charge in [0, 0.05) is 22.9 Å². The summed E-state index contributed by atoms with van der Waals surface area (Å²) in [5, 5.41) is 2.94. The van der Waals surface area contributed by atoms with Gasteiger partial charge in [0.15, 0.2) is 11.6 Å². The van der Waals surface area contributed by atoms with Gasteiger partial charge in [-0.3, -0.25) is 14.1 Å². The van der Waals surface area contributed by atoms with Gasteiger partial charge in [0.25, 0.3) is 10.1 Å². The summed E-state index contributed by atoms with van der Waals surface area (Å²) in [6.45, 7) is 0. The molecule has 10 heteroatoms. The monoisotopic (exact) mass is 448 g/mol. The zero-order valence-corrected chi connectivity index (χ0v) is 16.5. The summed E-state index contributed by atoms with van der Waals surface area (Å²) < 4.78 is 38.6.